The summed E-state index contributed by atoms with van der Waals surface area (Å²) < 4.78 is 7.43. The molecule has 0 fully saturated rings. The standard InChI is InChI=1S/C24H28N2O2/c1-17-22(18(2)26(25-17)15-19-9-7-6-8-10-19)23(27)28-16-20-11-13-21(14-12-20)24(3,4)5/h6-14H,15-16H2,1-5H3. The predicted octanol–water partition coefficient (Wildman–Crippen LogP) is 5.20. The van der Waals surface area contributed by atoms with Crippen LogP contribution in [0.15, 0.2) is 54.6 Å². The van der Waals surface area contributed by atoms with Gasteiger partial charge in [-0.25, -0.2) is 4.79 Å². The monoisotopic (exact) mass is 376 g/mol. The minimum Gasteiger partial charge on any atom is -0.457 e. The van der Waals surface area contributed by atoms with E-state index < -0.39 is 0 Å². The fraction of sp³-hybridized carbons (Fsp3) is 0.333. The lowest BCUT2D eigenvalue weighted by molar-refractivity contribution is 0.0471. The van der Waals surface area contributed by atoms with Crippen molar-refractivity contribution in [2.24, 2.45) is 0 Å². The summed E-state index contributed by atoms with van der Waals surface area (Å²) >= 11 is 0. The van der Waals surface area contributed by atoms with Crippen LogP contribution >= 0.6 is 0 Å². The van der Waals surface area contributed by atoms with Crippen LogP contribution in [0.2, 0.25) is 0 Å². The maximum absolute atomic E-state index is 12.7. The fourth-order valence-corrected chi connectivity index (χ4v) is 3.22. The summed E-state index contributed by atoms with van der Waals surface area (Å²) in [5, 5.41) is 4.54. The lowest BCUT2D eigenvalue weighted by Crippen LogP contribution is -2.11. The van der Waals surface area contributed by atoms with Crippen molar-refractivity contribution in [2.45, 2.75) is 53.2 Å². The molecule has 2 aromatic carbocycles. The molecule has 0 aliphatic rings. The minimum atomic E-state index is -0.325. The van der Waals surface area contributed by atoms with Gasteiger partial charge in [0.25, 0.3) is 0 Å². The van der Waals surface area contributed by atoms with Gasteiger partial charge in [0.15, 0.2) is 0 Å². The zero-order valence-electron chi connectivity index (χ0n) is 17.3. The third-order valence-electron chi connectivity index (χ3n) is 4.95. The van der Waals surface area contributed by atoms with Crippen molar-refractivity contribution in [2.75, 3.05) is 0 Å². The van der Waals surface area contributed by atoms with Gasteiger partial charge in [-0.3, -0.25) is 4.68 Å². The fourth-order valence-electron chi connectivity index (χ4n) is 3.22. The molecule has 146 valence electrons. The molecule has 1 heterocycles. The zero-order valence-corrected chi connectivity index (χ0v) is 17.3. The largest absolute Gasteiger partial charge is 0.457 e. The van der Waals surface area contributed by atoms with E-state index in [2.05, 4.69) is 50.1 Å². The highest BCUT2D eigenvalue weighted by Gasteiger charge is 2.20. The van der Waals surface area contributed by atoms with Gasteiger partial charge >= 0.3 is 5.97 Å². The van der Waals surface area contributed by atoms with Crippen molar-refractivity contribution in [3.05, 3.63) is 88.2 Å². The van der Waals surface area contributed by atoms with Crippen molar-refractivity contribution < 1.29 is 9.53 Å². The maximum Gasteiger partial charge on any atom is 0.342 e. The molecule has 0 atom stereocenters. The van der Waals surface area contributed by atoms with Gasteiger partial charge in [0.05, 0.1) is 17.9 Å². The van der Waals surface area contributed by atoms with E-state index in [1.165, 1.54) is 5.56 Å². The summed E-state index contributed by atoms with van der Waals surface area (Å²) in [6.45, 7) is 11.2. The van der Waals surface area contributed by atoms with E-state index in [-0.39, 0.29) is 18.0 Å². The van der Waals surface area contributed by atoms with E-state index in [1.54, 1.807) is 0 Å². The van der Waals surface area contributed by atoms with Crippen LogP contribution in [-0.2, 0) is 23.3 Å². The Morgan fingerprint density at radius 2 is 1.61 bits per heavy atom. The van der Waals surface area contributed by atoms with Crippen molar-refractivity contribution in [3.63, 3.8) is 0 Å². The van der Waals surface area contributed by atoms with Crippen molar-refractivity contribution >= 4 is 5.97 Å². The number of carbonyl (C=O) groups is 1. The van der Waals surface area contributed by atoms with Gasteiger partial charge in [0.2, 0.25) is 0 Å². The molecule has 4 nitrogen and oxygen atoms in total. The molecule has 0 saturated carbocycles. The molecule has 0 bridgehead atoms. The van der Waals surface area contributed by atoms with E-state index in [0.717, 1.165) is 16.8 Å². The molecule has 0 aliphatic heterocycles. The number of benzene rings is 2. The van der Waals surface area contributed by atoms with Crippen molar-refractivity contribution in [3.8, 4) is 0 Å². The maximum atomic E-state index is 12.7. The van der Waals surface area contributed by atoms with Crippen LogP contribution in [0.4, 0.5) is 0 Å². The van der Waals surface area contributed by atoms with Crippen molar-refractivity contribution in [1.29, 1.82) is 0 Å². The number of nitrogens with zero attached hydrogens (tertiary/aromatic N) is 2. The Hall–Kier alpha value is -2.88. The van der Waals surface area contributed by atoms with Crippen LogP contribution in [-0.4, -0.2) is 15.7 Å². The Bertz CT molecular complexity index is 949. The quantitative estimate of drug-likeness (QED) is 0.575. The smallest absolute Gasteiger partial charge is 0.342 e. The van der Waals surface area contributed by atoms with Gasteiger partial charge in [-0.2, -0.15) is 5.10 Å². The lowest BCUT2D eigenvalue weighted by atomic mass is 9.87. The lowest BCUT2D eigenvalue weighted by Gasteiger charge is -2.19. The second-order valence-corrected chi connectivity index (χ2v) is 8.21. The Kier molecular flexibility index (Phi) is 5.68. The summed E-state index contributed by atoms with van der Waals surface area (Å²) in [7, 11) is 0. The topological polar surface area (TPSA) is 44.1 Å². The third-order valence-corrected chi connectivity index (χ3v) is 4.95. The first-order valence-electron chi connectivity index (χ1n) is 9.60. The van der Waals surface area contributed by atoms with E-state index in [4.69, 9.17) is 4.74 Å². The molecular formula is C24H28N2O2. The molecule has 0 spiro atoms. The molecule has 0 unspecified atom stereocenters. The Labute approximate surface area is 167 Å². The van der Waals surface area contributed by atoms with Crippen molar-refractivity contribution in [1.82, 2.24) is 9.78 Å². The Morgan fingerprint density at radius 1 is 0.964 bits per heavy atom. The molecule has 3 aromatic rings. The molecule has 1 aromatic heterocycles. The third kappa shape index (κ3) is 4.50. The number of rotatable bonds is 5. The van der Waals surface area contributed by atoms with Crippen LogP contribution in [0.5, 0.6) is 0 Å². The van der Waals surface area contributed by atoms with Crippen LogP contribution < -0.4 is 0 Å². The van der Waals surface area contributed by atoms with E-state index in [9.17, 15) is 4.79 Å². The molecule has 0 aliphatic carbocycles. The SMILES string of the molecule is Cc1nn(Cc2ccccc2)c(C)c1C(=O)OCc1ccc(C(C)(C)C)cc1. The van der Waals surface area contributed by atoms with Crippen LogP contribution in [0.25, 0.3) is 0 Å². The highest BCUT2D eigenvalue weighted by molar-refractivity contribution is 5.91. The summed E-state index contributed by atoms with van der Waals surface area (Å²) in [5.41, 5.74) is 5.58. The average Bonchev–Trinajstić information content (AvgIpc) is 2.93. The van der Waals surface area contributed by atoms with E-state index in [0.29, 0.717) is 17.8 Å². The second-order valence-electron chi connectivity index (χ2n) is 8.21. The first-order valence-corrected chi connectivity index (χ1v) is 9.60. The molecule has 0 N–H and O–H groups in total. The van der Waals surface area contributed by atoms with Crippen LogP contribution in [0.3, 0.4) is 0 Å². The number of hydrogen-bond acceptors (Lipinski definition) is 3. The molecule has 0 radical (unpaired) electrons. The molecule has 4 heteroatoms. The number of aryl methyl sites for hydroxylation is 1. The van der Waals surface area contributed by atoms with Crippen LogP contribution in [0, 0.1) is 13.8 Å². The molecule has 0 amide bonds. The van der Waals surface area contributed by atoms with Gasteiger partial charge in [-0.1, -0.05) is 75.4 Å². The molecule has 0 saturated heterocycles. The minimum absolute atomic E-state index is 0.108. The number of esters is 1. The summed E-state index contributed by atoms with van der Waals surface area (Å²) in [6.07, 6.45) is 0. The highest BCUT2D eigenvalue weighted by atomic mass is 16.5. The van der Waals surface area contributed by atoms with Gasteiger partial charge in [-0.05, 0) is 36.0 Å². The number of ether oxygens (including phenoxy) is 1. The number of aromatic nitrogens is 2. The molecule has 28 heavy (non-hydrogen) atoms. The number of carbonyl (C=O) groups excluding carboxylic acids is 1. The first-order chi connectivity index (χ1) is 13.3. The van der Waals surface area contributed by atoms with Crippen LogP contribution in [0.1, 0.15) is 59.2 Å². The van der Waals surface area contributed by atoms with Gasteiger partial charge in [-0.15, -0.1) is 0 Å². The predicted molar refractivity (Wildman–Crippen MR) is 112 cm³/mol. The highest BCUT2D eigenvalue weighted by Crippen LogP contribution is 2.23. The first kappa shape index (κ1) is 19.9. The number of hydrogen-bond donors (Lipinski definition) is 0. The van der Waals surface area contributed by atoms with Gasteiger partial charge in [0.1, 0.15) is 12.2 Å². The van der Waals surface area contributed by atoms with E-state index in [1.807, 2.05) is 48.9 Å². The Morgan fingerprint density at radius 3 is 2.21 bits per heavy atom. The zero-order chi connectivity index (χ0) is 20.3. The second kappa shape index (κ2) is 8.01. The average molecular weight is 377 g/mol. The summed E-state index contributed by atoms with van der Waals surface area (Å²) in [4.78, 5) is 12.7. The molecule has 3 rings (SSSR count). The van der Waals surface area contributed by atoms with Gasteiger partial charge in [0, 0.05) is 0 Å². The summed E-state index contributed by atoms with van der Waals surface area (Å²) in [6, 6.07) is 18.3. The van der Waals surface area contributed by atoms with Gasteiger partial charge < -0.3 is 4.74 Å². The normalized spacial score (nSPS) is 11.5. The summed E-state index contributed by atoms with van der Waals surface area (Å²) in [5.74, 6) is -0.325. The molecular weight excluding hydrogens is 348 g/mol. The Balaban J connectivity index is 1.69. The van der Waals surface area contributed by atoms with E-state index >= 15 is 0 Å².